The smallest absolute Gasteiger partial charge is 0.417 e. The molecule has 2 atom stereocenters. The molecule has 2 N–H and O–H groups in total. The van der Waals surface area contributed by atoms with Crippen LogP contribution in [0.2, 0.25) is 0 Å². The maximum atomic E-state index is 15.9. The van der Waals surface area contributed by atoms with Gasteiger partial charge in [0.15, 0.2) is 0 Å². The van der Waals surface area contributed by atoms with Crippen LogP contribution in [0.15, 0.2) is 35.3 Å². The Labute approximate surface area is 247 Å². The van der Waals surface area contributed by atoms with Gasteiger partial charge in [-0.25, -0.2) is 9.18 Å². The number of ether oxygens (including phenoxy) is 1. The summed E-state index contributed by atoms with van der Waals surface area (Å²) in [5.41, 5.74) is -2.93. The molecule has 234 valence electrons. The van der Waals surface area contributed by atoms with E-state index in [1.807, 2.05) is 25.8 Å². The van der Waals surface area contributed by atoms with Crippen LogP contribution in [0.5, 0.6) is 0 Å². The maximum absolute atomic E-state index is 15.9. The van der Waals surface area contributed by atoms with Crippen LogP contribution in [0.1, 0.15) is 62.5 Å². The van der Waals surface area contributed by atoms with E-state index in [0.29, 0.717) is 49.6 Å². The van der Waals surface area contributed by atoms with Gasteiger partial charge >= 0.3 is 12.3 Å². The van der Waals surface area contributed by atoms with Gasteiger partial charge in [-0.05, 0) is 65.8 Å². The molecule has 1 aromatic heterocycles. The monoisotopic (exact) mass is 607 g/mol. The number of aromatic amines is 1. The van der Waals surface area contributed by atoms with Crippen LogP contribution in [0.3, 0.4) is 0 Å². The average Bonchev–Trinajstić information content (AvgIpc) is 2.90. The second-order valence-corrected chi connectivity index (χ2v) is 12.1. The van der Waals surface area contributed by atoms with Gasteiger partial charge in [-0.15, -0.1) is 0 Å². The number of hydrogen-bond acceptors (Lipinski definition) is 6. The highest BCUT2D eigenvalue weighted by Gasteiger charge is 2.37. The molecule has 0 spiro atoms. The van der Waals surface area contributed by atoms with Crippen molar-refractivity contribution in [2.75, 3.05) is 43.4 Å². The summed E-state index contributed by atoms with van der Waals surface area (Å²) in [7, 11) is 1.97. The Morgan fingerprint density at radius 1 is 1.07 bits per heavy atom. The third kappa shape index (κ3) is 7.38. The molecule has 2 aliphatic rings. The first-order chi connectivity index (χ1) is 19.9. The highest BCUT2D eigenvalue weighted by Crippen LogP contribution is 2.37. The Morgan fingerprint density at radius 2 is 1.72 bits per heavy atom. The van der Waals surface area contributed by atoms with Crippen LogP contribution in [-0.2, 0) is 10.9 Å². The fourth-order valence-corrected chi connectivity index (χ4v) is 5.28. The molecule has 9 nitrogen and oxygen atoms in total. The molecular formula is C30H37F4N5O4. The molecule has 1 fully saturated rings. The molecule has 0 bridgehead atoms. The van der Waals surface area contributed by atoms with Gasteiger partial charge < -0.3 is 24.8 Å². The van der Waals surface area contributed by atoms with Crippen molar-refractivity contribution in [3.8, 4) is 0 Å². The fourth-order valence-electron chi connectivity index (χ4n) is 5.28. The number of nitrogens with zero attached hydrogens (tertiary/aromatic N) is 3. The van der Waals surface area contributed by atoms with Crippen molar-refractivity contribution in [3.05, 3.63) is 63.3 Å². The number of rotatable bonds is 4. The van der Waals surface area contributed by atoms with Gasteiger partial charge in [0, 0.05) is 56.1 Å². The minimum absolute atomic E-state index is 0.0410. The van der Waals surface area contributed by atoms with Gasteiger partial charge in [-0.2, -0.15) is 13.2 Å². The number of benzene rings is 1. The zero-order valence-electron chi connectivity index (χ0n) is 25.1. The Hall–Kier alpha value is -3.87. The molecule has 13 heteroatoms. The largest absolute Gasteiger partial charge is 0.444 e. The highest BCUT2D eigenvalue weighted by atomic mass is 19.4. The summed E-state index contributed by atoms with van der Waals surface area (Å²) < 4.78 is 62.5. The number of halogens is 4. The number of carbonyl (C=O) groups is 2. The summed E-state index contributed by atoms with van der Waals surface area (Å²) in [4.78, 5) is 45.3. The topological polar surface area (TPSA) is 98.0 Å². The summed E-state index contributed by atoms with van der Waals surface area (Å²) in [6.45, 7) is 10.6. The molecule has 4 rings (SSSR count). The van der Waals surface area contributed by atoms with Crippen molar-refractivity contribution < 1.29 is 31.9 Å². The Balaban J connectivity index is 1.75. The number of piperazine rings is 1. The summed E-state index contributed by atoms with van der Waals surface area (Å²) in [5.74, 6) is -1.73. The van der Waals surface area contributed by atoms with Gasteiger partial charge in [0.2, 0.25) is 5.56 Å². The van der Waals surface area contributed by atoms with Gasteiger partial charge in [0.1, 0.15) is 11.4 Å². The van der Waals surface area contributed by atoms with E-state index in [-0.39, 0.29) is 29.9 Å². The number of nitrogens with one attached hydrogen (secondary N) is 2. The van der Waals surface area contributed by atoms with Crippen molar-refractivity contribution in [3.63, 3.8) is 0 Å². The average molecular weight is 608 g/mol. The van der Waals surface area contributed by atoms with Crippen LogP contribution >= 0.6 is 0 Å². The lowest BCUT2D eigenvalue weighted by atomic mass is 9.98. The lowest BCUT2D eigenvalue weighted by Crippen LogP contribution is -2.55. The number of amides is 2. The van der Waals surface area contributed by atoms with E-state index in [4.69, 9.17) is 4.74 Å². The first-order valence-electron chi connectivity index (χ1n) is 14.0. The minimum Gasteiger partial charge on any atom is -0.444 e. The van der Waals surface area contributed by atoms with Crippen molar-refractivity contribution in [2.45, 2.75) is 64.9 Å². The molecule has 1 aromatic carbocycles. The maximum Gasteiger partial charge on any atom is 0.417 e. The fraction of sp³-hybridized carbons (Fsp3) is 0.500. The molecular weight excluding hydrogens is 570 g/mol. The number of H-pyrrole nitrogens is 1. The van der Waals surface area contributed by atoms with Crippen LogP contribution in [0.25, 0.3) is 5.57 Å². The van der Waals surface area contributed by atoms with E-state index in [1.54, 1.807) is 26.8 Å². The number of aromatic nitrogens is 1. The molecule has 2 aromatic rings. The van der Waals surface area contributed by atoms with E-state index >= 15 is 4.39 Å². The molecule has 2 aliphatic heterocycles. The van der Waals surface area contributed by atoms with Crippen molar-refractivity contribution >= 4 is 28.9 Å². The zero-order valence-corrected chi connectivity index (χ0v) is 25.1. The first kappa shape index (κ1) is 32.1. The third-order valence-corrected chi connectivity index (χ3v) is 7.66. The molecule has 3 heterocycles. The second kappa shape index (κ2) is 12.0. The molecule has 43 heavy (non-hydrogen) atoms. The van der Waals surface area contributed by atoms with Crippen LogP contribution in [0, 0.1) is 5.82 Å². The minimum atomic E-state index is -4.96. The molecule has 0 unspecified atom stereocenters. The van der Waals surface area contributed by atoms with E-state index in [0.717, 1.165) is 0 Å². The summed E-state index contributed by atoms with van der Waals surface area (Å²) in [6, 6.07) is 3.11. The SMILES string of the molecule is C[C@@H]1CN(c2cc(F)c(C3=CCCN(C(=O)OC(C)(C)C)C3)cc2NC(=O)c2c[nH]c(=O)cc2C(F)(F)F)C[C@H](C)N1C. The van der Waals surface area contributed by atoms with Crippen LogP contribution < -0.4 is 15.8 Å². The highest BCUT2D eigenvalue weighted by molar-refractivity contribution is 6.07. The number of pyridine rings is 1. The Bertz CT molecular complexity index is 1470. The number of hydrogen-bond donors (Lipinski definition) is 2. The zero-order chi connectivity index (χ0) is 31.9. The van der Waals surface area contributed by atoms with Crippen molar-refractivity contribution in [1.29, 1.82) is 0 Å². The predicted molar refractivity (Wildman–Crippen MR) is 156 cm³/mol. The normalized spacial score (nSPS) is 20.1. The Morgan fingerprint density at radius 3 is 2.33 bits per heavy atom. The number of anilines is 2. The first-order valence-corrected chi connectivity index (χ1v) is 14.0. The third-order valence-electron chi connectivity index (χ3n) is 7.66. The quantitative estimate of drug-likeness (QED) is 0.456. The van der Waals surface area contributed by atoms with E-state index in [1.165, 1.54) is 17.0 Å². The number of carbonyl (C=O) groups excluding carboxylic acids is 2. The van der Waals surface area contributed by atoms with Crippen LogP contribution in [0.4, 0.5) is 33.7 Å². The van der Waals surface area contributed by atoms with Gasteiger partial charge in [-0.1, -0.05) is 6.08 Å². The van der Waals surface area contributed by atoms with E-state index < -0.39 is 46.3 Å². The molecule has 0 aliphatic carbocycles. The summed E-state index contributed by atoms with van der Waals surface area (Å²) in [5, 5.41) is 2.55. The standard InChI is InChI=1S/C30H37F4N5O4/c1-17-14-39(15-18(2)37(17)6)25-12-23(31)20(19-8-7-9-38(16-19)28(42)43-29(3,4)5)10-24(25)36-27(41)21-13-35-26(40)11-22(21)30(32,33)34/h8,10-13,17-18H,7,9,14-16H2,1-6H3,(H,35,40)(H,36,41)/t17-,18+. The summed E-state index contributed by atoms with van der Waals surface area (Å²) in [6.07, 6.45) is -2.59. The number of likely N-dealkylation sites (N-methyl/N-ethyl adjacent to an activating group) is 1. The van der Waals surface area contributed by atoms with Gasteiger partial charge in [-0.3, -0.25) is 14.5 Å². The van der Waals surface area contributed by atoms with Crippen molar-refractivity contribution in [1.82, 2.24) is 14.8 Å². The van der Waals surface area contributed by atoms with Gasteiger partial charge in [0.05, 0.1) is 22.5 Å². The molecule has 2 amide bonds. The van der Waals surface area contributed by atoms with E-state index in [9.17, 15) is 27.6 Å². The molecule has 0 radical (unpaired) electrons. The lowest BCUT2D eigenvalue weighted by molar-refractivity contribution is -0.138. The molecule has 1 saturated heterocycles. The van der Waals surface area contributed by atoms with Crippen LogP contribution in [-0.4, -0.2) is 77.7 Å². The lowest BCUT2D eigenvalue weighted by Gasteiger charge is -2.44. The van der Waals surface area contributed by atoms with Crippen molar-refractivity contribution in [2.24, 2.45) is 0 Å². The van der Waals surface area contributed by atoms with E-state index in [2.05, 4.69) is 15.2 Å². The molecule has 0 saturated carbocycles. The number of alkyl halides is 3. The summed E-state index contributed by atoms with van der Waals surface area (Å²) >= 11 is 0. The predicted octanol–water partition coefficient (Wildman–Crippen LogP) is 5.34. The van der Waals surface area contributed by atoms with Gasteiger partial charge in [0.25, 0.3) is 5.91 Å². The Kier molecular flexibility index (Phi) is 8.96. The second-order valence-electron chi connectivity index (χ2n) is 12.1.